The molecular formula is C15H21FN2O. The molecule has 0 aliphatic heterocycles. The first kappa shape index (κ1) is 14.0. The Hall–Kier alpha value is -1.42. The van der Waals surface area contributed by atoms with Gasteiger partial charge in [-0.25, -0.2) is 4.39 Å². The highest BCUT2D eigenvalue weighted by atomic mass is 19.1. The molecular weight excluding hydrogens is 243 g/mol. The Balaban J connectivity index is 1.94. The van der Waals surface area contributed by atoms with Crippen molar-refractivity contribution in [3.63, 3.8) is 0 Å². The molecule has 4 heteroatoms. The van der Waals surface area contributed by atoms with Crippen molar-refractivity contribution in [2.45, 2.75) is 44.7 Å². The van der Waals surface area contributed by atoms with Gasteiger partial charge in [0.1, 0.15) is 5.82 Å². The highest BCUT2D eigenvalue weighted by Crippen LogP contribution is 2.24. The van der Waals surface area contributed by atoms with E-state index in [4.69, 9.17) is 5.73 Å². The van der Waals surface area contributed by atoms with Crippen molar-refractivity contribution in [1.29, 1.82) is 0 Å². The monoisotopic (exact) mass is 264 g/mol. The molecule has 3 N–H and O–H groups in total. The second-order valence-corrected chi connectivity index (χ2v) is 5.41. The van der Waals surface area contributed by atoms with Gasteiger partial charge in [-0.05, 0) is 43.9 Å². The number of carbonyl (C=O) groups is 1. The van der Waals surface area contributed by atoms with Crippen molar-refractivity contribution in [1.82, 2.24) is 5.32 Å². The Morgan fingerprint density at radius 2 is 2.26 bits per heavy atom. The second-order valence-electron chi connectivity index (χ2n) is 5.41. The van der Waals surface area contributed by atoms with E-state index in [1.54, 1.807) is 6.07 Å². The highest BCUT2D eigenvalue weighted by molar-refractivity contribution is 5.79. The molecule has 1 fully saturated rings. The molecule has 0 heterocycles. The summed E-state index contributed by atoms with van der Waals surface area (Å²) >= 11 is 0. The molecule has 0 spiro atoms. The molecule has 2 rings (SSSR count). The molecule has 1 saturated carbocycles. The maximum Gasteiger partial charge on any atom is 0.223 e. The van der Waals surface area contributed by atoms with E-state index < -0.39 is 0 Å². The van der Waals surface area contributed by atoms with E-state index in [0.717, 1.165) is 31.2 Å². The molecule has 1 aliphatic carbocycles. The van der Waals surface area contributed by atoms with Gasteiger partial charge in [0.25, 0.3) is 0 Å². The number of hydrogen-bond acceptors (Lipinski definition) is 2. The Morgan fingerprint density at radius 3 is 2.95 bits per heavy atom. The molecule has 0 aromatic heterocycles. The molecule has 19 heavy (non-hydrogen) atoms. The topological polar surface area (TPSA) is 55.1 Å². The Morgan fingerprint density at radius 1 is 1.47 bits per heavy atom. The van der Waals surface area contributed by atoms with Crippen molar-refractivity contribution in [2.75, 3.05) is 0 Å². The van der Waals surface area contributed by atoms with Gasteiger partial charge in [-0.3, -0.25) is 4.79 Å². The summed E-state index contributed by atoms with van der Waals surface area (Å²) in [6, 6.07) is 6.29. The van der Waals surface area contributed by atoms with Crippen LogP contribution in [0.25, 0.3) is 0 Å². The second kappa shape index (κ2) is 6.15. The first-order valence-electron chi connectivity index (χ1n) is 6.87. The van der Waals surface area contributed by atoms with E-state index in [0.29, 0.717) is 0 Å². The zero-order valence-electron chi connectivity index (χ0n) is 11.2. The van der Waals surface area contributed by atoms with Crippen LogP contribution in [-0.2, 0) is 4.79 Å². The third-order valence-electron chi connectivity index (χ3n) is 3.79. The van der Waals surface area contributed by atoms with Crippen LogP contribution < -0.4 is 11.1 Å². The Bertz CT molecular complexity index is 450. The van der Waals surface area contributed by atoms with Gasteiger partial charge in [0.05, 0.1) is 6.04 Å². The average molecular weight is 264 g/mol. The number of nitrogens with one attached hydrogen (secondary N) is 1. The summed E-state index contributed by atoms with van der Waals surface area (Å²) in [5, 5.41) is 2.95. The van der Waals surface area contributed by atoms with Crippen LogP contribution in [0.4, 0.5) is 4.39 Å². The molecule has 104 valence electrons. The summed E-state index contributed by atoms with van der Waals surface area (Å²) in [5.74, 6) is -0.245. The van der Waals surface area contributed by atoms with Gasteiger partial charge in [0.15, 0.2) is 0 Å². The van der Waals surface area contributed by atoms with Crippen LogP contribution >= 0.6 is 0 Å². The fraction of sp³-hybridized carbons (Fsp3) is 0.533. The van der Waals surface area contributed by atoms with E-state index in [2.05, 4.69) is 5.32 Å². The lowest BCUT2D eigenvalue weighted by atomic mass is 9.85. The van der Waals surface area contributed by atoms with Crippen LogP contribution in [-0.4, -0.2) is 11.9 Å². The number of carbonyl (C=O) groups excluding carboxylic acids is 1. The molecule has 0 bridgehead atoms. The van der Waals surface area contributed by atoms with Crippen molar-refractivity contribution in [3.8, 4) is 0 Å². The van der Waals surface area contributed by atoms with E-state index >= 15 is 0 Å². The largest absolute Gasteiger partial charge is 0.349 e. The van der Waals surface area contributed by atoms with Crippen LogP contribution in [0.5, 0.6) is 0 Å². The maximum atomic E-state index is 13.1. The normalized spacial score (nSPS) is 24.8. The molecule has 1 aliphatic rings. The fourth-order valence-corrected chi connectivity index (χ4v) is 2.66. The minimum Gasteiger partial charge on any atom is -0.349 e. The average Bonchev–Trinajstić information content (AvgIpc) is 2.38. The lowest BCUT2D eigenvalue weighted by Gasteiger charge is -2.27. The van der Waals surface area contributed by atoms with E-state index in [1.807, 2.05) is 13.0 Å². The van der Waals surface area contributed by atoms with Crippen molar-refractivity contribution >= 4 is 5.91 Å². The molecule has 3 unspecified atom stereocenters. The molecule has 1 aromatic rings. The van der Waals surface area contributed by atoms with Crippen LogP contribution in [0.3, 0.4) is 0 Å². The quantitative estimate of drug-likeness (QED) is 0.881. The van der Waals surface area contributed by atoms with Gasteiger partial charge in [0, 0.05) is 12.0 Å². The number of nitrogens with two attached hydrogens (primary N) is 1. The molecule has 3 nitrogen and oxygen atoms in total. The first-order chi connectivity index (χ1) is 9.06. The summed E-state index contributed by atoms with van der Waals surface area (Å²) < 4.78 is 13.1. The zero-order chi connectivity index (χ0) is 13.8. The van der Waals surface area contributed by atoms with Crippen LogP contribution in [0, 0.1) is 11.7 Å². The van der Waals surface area contributed by atoms with Gasteiger partial charge < -0.3 is 11.1 Å². The van der Waals surface area contributed by atoms with Crippen LogP contribution in [0.15, 0.2) is 24.3 Å². The van der Waals surface area contributed by atoms with Crippen molar-refractivity contribution < 1.29 is 9.18 Å². The van der Waals surface area contributed by atoms with Gasteiger partial charge in [-0.15, -0.1) is 0 Å². The SMILES string of the molecule is CC(NC(=O)C1CCCC(N)C1)c1cccc(F)c1. The third kappa shape index (κ3) is 3.77. The molecule has 0 radical (unpaired) electrons. The van der Waals surface area contributed by atoms with E-state index in [-0.39, 0.29) is 29.7 Å². The lowest BCUT2D eigenvalue weighted by Crippen LogP contribution is -2.38. The molecule has 3 atom stereocenters. The summed E-state index contributed by atoms with van der Waals surface area (Å²) in [5.41, 5.74) is 6.68. The number of amides is 1. The minimum atomic E-state index is -0.279. The summed E-state index contributed by atoms with van der Waals surface area (Å²) in [6.07, 6.45) is 3.66. The van der Waals surface area contributed by atoms with Crippen LogP contribution in [0.1, 0.15) is 44.2 Å². The number of benzene rings is 1. The van der Waals surface area contributed by atoms with Gasteiger partial charge >= 0.3 is 0 Å². The predicted molar refractivity (Wildman–Crippen MR) is 72.9 cm³/mol. The van der Waals surface area contributed by atoms with Gasteiger partial charge in [0.2, 0.25) is 5.91 Å². The number of halogens is 1. The van der Waals surface area contributed by atoms with Crippen LogP contribution in [0.2, 0.25) is 0 Å². The van der Waals surface area contributed by atoms with Crippen molar-refractivity contribution in [2.24, 2.45) is 11.7 Å². The molecule has 1 aromatic carbocycles. The molecule has 0 saturated heterocycles. The third-order valence-corrected chi connectivity index (χ3v) is 3.79. The standard InChI is InChI=1S/C15H21FN2O/c1-10(11-4-2-6-13(16)8-11)18-15(19)12-5-3-7-14(17)9-12/h2,4,6,8,10,12,14H,3,5,7,9,17H2,1H3,(H,18,19). The number of hydrogen-bond donors (Lipinski definition) is 2. The first-order valence-corrected chi connectivity index (χ1v) is 6.87. The Kier molecular flexibility index (Phi) is 4.53. The summed E-state index contributed by atoms with van der Waals surface area (Å²) in [6.45, 7) is 1.87. The zero-order valence-corrected chi connectivity index (χ0v) is 11.2. The maximum absolute atomic E-state index is 13.1. The van der Waals surface area contributed by atoms with Crippen molar-refractivity contribution in [3.05, 3.63) is 35.6 Å². The number of rotatable bonds is 3. The smallest absolute Gasteiger partial charge is 0.223 e. The molecule has 1 amide bonds. The Labute approximate surface area is 113 Å². The van der Waals surface area contributed by atoms with E-state index in [9.17, 15) is 9.18 Å². The van der Waals surface area contributed by atoms with Gasteiger partial charge in [-0.1, -0.05) is 18.6 Å². The summed E-state index contributed by atoms with van der Waals surface area (Å²) in [7, 11) is 0. The predicted octanol–water partition coefficient (Wildman–Crippen LogP) is 2.52. The lowest BCUT2D eigenvalue weighted by molar-refractivity contribution is -0.126. The fourth-order valence-electron chi connectivity index (χ4n) is 2.66. The van der Waals surface area contributed by atoms with Gasteiger partial charge in [-0.2, -0.15) is 0 Å². The van der Waals surface area contributed by atoms with E-state index in [1.165, 1.54) is 12.1 Å². The highest BCUT2D eigenvalue weighted by Gasteiger charge is 2.26. The minimum absolute atomic E-state index is 0.000223. The summed E-state index contributed by atoms with van der Waals surface area (Å²) in [4.78, 5) is 12.2.